The summed E-state index contributed by atoms with van der Waals surface area (Å²) >= 11 is 0. The van der Waals surface area contributed by atoms with E-state index in [1.54, 1.807) is 25.4 Å². The summed E-state index contributed by atoms with van der Waals surface area (Å²) in [5.41, 5.74) is 1.74. The number of hydrogen-bond acceptors (Lipinski definition) is 4. The van der Waals surface area contributed by atoms with E-state index >= 15 is 0 Å². The number of aliphatic imine (C=N–C) groups is 1. The maximum atomic E-state index is 12.1. The van der Waals surface area contributed by atoms with E-state index < -0.39 is 0 Å². The lowest BCUT2D eigenvalue weighted by molar-refractivity contribution is 0.0996. The van der Waals surface area contributed by atoms with E-state index in [-0.39, 0.29) is 11.7 Å². The summed E-state index contributed by atoms with van der Waals surface area (Å²) in [5, 5.41) is 13.6. The highest BCUT2D eigenvalue weighted by Crippen LogP contribution is 2.12. The highest BCUT2D eigenvalue weighted by Gasteiger charge is 2.08. The van der Waals surface area contributed by atoms with Gasteiger partial charge in [-0.3, -0.25) is 14.5 Å². The summed E-state index contributed by atoms with van der Waals surface area (Å²) in [6.07, 6.45) is 6.14. The van der Waals surface area contributed by atoms with Crippen LogP contribution in [0.2, 0.25) is 0 Å². The molecule has 8 nitrogen and oxygen atoms in total. The largest absolute Gasteiger partial charge is 0.459 e. The van der Waals surface area contributed by atoms with Crippen LogP contribution in [0.4, 0.5) is 5.69 Å². The van der Waals surface area contributed by atoms with Crippen molar-refractivity contribution >= 4 is 17.6 Å². The average Bonchev–Trinajstić information content (AvgIpc) is 3.42. The summed E-state index contributed by atoms with van der Waals surface area (Å²) in [7, 11) is 1.74. The lowest BCUT2D eigenvalue weighted by Crippen LogP contribution is -2.37. The third kappa shape index (κ3) is 5.73. The van der Waals surface area contributed by atoms with Crippen molar-refractivity contribution in [2.45, 2.75) is 19.5 Å². The number of hydrogen-bond donors (Lipinski definition) is 3. The number of furan rings is 1. The minimum absolute atomic E-state index is 0.273. The molecule has 3 rings (SSSR count). The molecular weight excluding hydrogens is 356 g/mol. The number of amides is 1. The Morgan fingerprint density at radius 3 is 2.89 bits per heavy atom. The first kappa shape index (κ1) is 19.2. The van der Waals surface area contributed by atoms with Gasteiger partial charge in [0.25, 0.3) is 5.91 Å². The molecule has 0 unspecified atom stereocenters. The number of carbonyl (C=O) groups is 1. The van der Waals surface area contributed by atoms with Crippen LogP contribution in [0.15, 0.2) is 70.5 Å². The minimum Gasteiger partial charge on any atom is -0.459 e. The number of guanidine groups is 1. The normalized spacial score (nSPS) is 11.2. The van der Waals surface area contributed by atoms with Crippen molar-refractivity contribution in [2.75, 3.05) is 18.9 Å². The molecule has 0 aliphatic heterocycles. The van der Waals surface area contributed by atoms with Gasteiger partial charge >= 0.3 is 0 Å². The van der Waals surface area contributed by atoms with Gasteiger partial charge in [-0.25, -0.2) is 0 Å². The summed E-state index contributed by atoms with van der Waals surface area (Å²) in [6.45, 7) is 2.23. The van der Waals surface area contributed by atoms with Crippen molar-refractivity contribution in [1.29, 1.82) is 0 Å². The number of nitrogens with one attached hydrogen (secondary N) is 3. The Bertz CT molecular complexity index is 887. The molecule has 1 amide bonds. The predicted octanol–water partition coefficient (Wildman–Crippen LogP) is 2.48. The molecule has 8 heteroatoms. The summed E-state index contributed by atoms with van der Waals surface area (Å²) in [4.78, 5) is 16.3. The number of nitrogens with zero attached hydrogens (tertiary/aromatic N) is 3. The molecule has 2 aromatic heterocycles. The molecular formula is C20H24N6O2. The Balaban J connectivity index is 1.44. The summed E-state index contributed by atoms with van der Waals surface area (Å²) in [6, 6.07) is 12.9. The molecule has 3 N–H and O–H groups in total. The van der Waals surface area contributed by atoms with E-state index in [0.29, 0.717) is 12.2 Å². The van der Waals surface area contributed by atoms with Crippen molar-refractivity contribution in [1.82, 2.24) is 20.4 Å². The van der Waals surface area contributed by atoms with Gasteiger partial charge in [-0.2, -0.15) is 5.10 Å². The fourth-order valence-electron chi connectivity index (χ4n) is 2.65. The van der Waals surface area contributed by atoms with Gasteiger partial charge < -0.3 is 20.4 Å². The van der Waals surface area contributed by atoms with Crippen LogP contribution in [-0.2, 0) is 13.1 Å². The van der Waals surface area contributed by atoms with Crippen molar-refractivity contribution < 1.29 is 9.21 Å². The highest BCUT2D eigenvalue weighted by atomic mass is 16.3. The zero-order chi connectivity index (χ0) is 19.6. The van der Waals surface area contributed by atoms with E-state index in [1.165, 1.54) is 6.26 Å². The third-order valence-corrected chi connectivity index (χ3v) is 4.03. The first-order chi connectivity index (χ1) is 13.7. The van der Waals surface area contributed by atoms with Gasteiger partial charge in [-0.05, 0) is 42.3 Å². The van der Waals surface area contributed by atoms with Crippen molar-refractivity contribution in [3.05, 3.63) is 72.4 Å². The minimum atomic E-state index is -0.273. The van der Waals surface area contributed by atoms with E-state index in [4.69, 9.17) is 4.42 Å². The molecule has 0 bridgehead atoms. The summed E-state index contributed by atoms with van der Waals surface area (Å²) < 4.78 is 7.01. The van der Waals surface area contributed by atoms with Gasteiger partial charge in [0, 0.05) is 44.8 Å². The molecule has 0 aliphatic rings. The van der Waals surface area contributed by atoms with Gasteiger partial charge in [0.15, 0.2) is 11.7 Å². The second-order valence-corrected chi connectivity index (χ2v) is 6.11. The molecule has 0 fully saturated rings. The molecule has 146 valence electrons. The Hall–Kier alpha value is -3.55. The number of anilines is 1. The number of rotatable bonds is 8. The van der Waals surface area contributed by atoms with E-state index in [2.05, 4.69) is 26.0 Å². The molecule has 0 aliphatic carbocycles. The maximum Gasteiger partial charge on any atom is 0.291 e. The average molecular weight is 380 g/mol. The Morgan fingerprint density at radius 2 is 2.14 bits per heavy atom. The zero-order valence-electron chi connectivity index (χ0n) is 15.8. The quantitative estimate of drug-likeness (QED) is 0.317. The van der Waals surface area contributed by atoms with Crippen LogP contribution in [-0.4, -0.2) is 35.2 Å². The number of benzene rings is 1. The standard InChI is InChI=1S/C20H24N6O2/c1-21-20(22-9-4-11-26-12-5-10-24-26)23-15-16-6-2-7-17(14-16)25-19(27)18-8-3-13-28-18/h2-3,5-8,10,12-14H,4,9,11,15H2,1H3,(H,25,27)(H2,21,22,23). The molecule has 0 saturated heterocycles. The monoisotopic (exact) mass is 380 g/mol. The third-order valence-electron chi connectivity index (χ3n) is 4.03. The van der Waals surface area contributed by atoms with Gasteiger partial charge in [-0.1, -0.05) is 12.1 Å². The van der Waals surface area contributed by atoms with Gasteiger partial charge in [-0.15, -0.1) is 0 Å². The smallest absolute Gasteiger partial charge is 0.291 e. The molecule has 3 aromatic rings. The Morgan fingerprint density at radius 1 is 1.21 bits per heavy atom. The van der Waals surface area contributed by atoms with Crippen molar-refractivity contribution in [2.24, 2.45) is 4.99 Å². The zero-order valence-corrected chi connectivity index (χ0v) is 15.8. The molecule has 2 heterocycles. The molecule has 0 saturated carbocycles. The fraction of sp³-hybridized carbons (Fsp3) is 0.250. The predicted molar refractivity (Wildman–Crippen MR) is 108 cm³/mol. The van der Waals surface area contributed by atoms with Crippen LogP contribution in [0.3, 0.4) is 0 Å². The highest BCUT2D eigenvalue weighted by molar-refractivity contribution is 6.02. The van der Waals surface area contributed by atoms with Gasteiger partial charge in [0.05, 0.1) is 6.26 Å². The van der Waals surface area contributed by atoms with Crippen LogP contribution in [0.25, 0.3) is 0 Å². The lowest BCUT2D eigenvalue weighted by Gasteiger charge is -2.12. The second kappa shape index (κ2) is 9.96. The fourth-order valence-corrected chi connectivity index (χ4v) is 2.65. The molecule has 0 atom stereocenters. The molecule has 28 heavy (non-hydrogen) atoms. The topological polar surface area (TPSA) is 96.5 Å². The molecule has 0 radical (unpaired) electrons. The Labute approximate surface area is 163 Å². The first-order valence-corrected chi connectivity index (χ1v) is 9.10. The van der Waals surface area contributed by atoms with Crippen LogP contribution >= 0.6 is 0 Å². The number of aromatic nitrogens is 2. The van der Waals surface area contributed by atoms with E-state index in [1.807, 2.05) is 41.2 Å². The number of carbonyl (C=O) groups excluding carboxylic acids is 1. The van der Waals surface area contributed by atoms with Crippen LogP contribution in [0.1, 0.15) is 22.5 Å². The SMILES string of the molecule is CN=C(NCCCn1cccn1)NCc1cccc(NC(=O)c2ccco2)c1. The van der Waals surface area contributed by atoms with Crippen LogP contribution < -0.4 is 16.0 Å². The summed E-state index contributed by atoms with van der Waals surface area (Å²) in [5.74, 6) is 0.735. The van der Waals surface area contributed by atoms with Crippen LogP contribution in [0.5, 0.6) is 0 Å². The Kier molecular flexibility index (Phi) is 6.84. The number of aryl methyl sites for hydroxylation is 1. The van der Waals surface area contributed by atoms with Gasteiger partial charge in [0.2, 0.25) is 0 Å². The first-order valence-electron chi connectivity index (χ1n) is 9.10. The van der Waals surface area contributed by atoms with E-state index in [9.17, 15) is 4.79 Å². The van der Waals surface area contributed by atoms with Crippen LogP contribution in [0, 0.1) is 0 Å². The van der Waals surface area contributed by atoms with Crippen molar-refractivity contribution in [3.63, 3.8) is 0 Å². The lowest BCUT2D eigenvalue weighted by atomic mass is 10.2. The van der Waals surface area contributed by atoms with E-state index in [0.717, 1.165) is 31.0 Å². The molecule has 1 aromatic carbocycles. The molecule has 0 spiro atoms. The maximum absolute atomic E-state index is 12.1. The van der Waals surface area contributed by atoms with Crippen molar-refractivity contribution in [3.8, 4) is 0 Å². The second-order valence-electron chi connectivity index (χ2n) is 6.11. The van der Waals surface area contributed by atoms with Gasteiger partial charge in [0.1, 0.15) is 0 Å².